The first kappa shape index (κ1) is 14.5. The van der Waals surface area contributed by atoms with Gasteiger partial charge in [-0.05, 0) is 25.0 Å². The molecule has 0 N–H and O–H groups in total. The van der Waals surface area contributed by atoms with E-state index in [9.17, 15) is 9.18 Å². The van der Waals surface area contributed by atoms with E-state index < -0.39 is 5.82 Å². The molecule has 0 aromatic heterocycles. The second kappa shape index (κ2) is 5.73. The minimum absolute atomic E-state index is 0.0564. The Bertz CT molecular complexity index is 537. The lowest BCUT2D eigenvalue weighted by atomic mass is 9.81. The van der Waals surface area contributed by atoms with Crippen LogP contribution in [0.2, 0.25) is 0 Å². The number of benzene rings is 1. The van der Waals surface area contributed by atoms with Crippen molar-refractivity contribution in [3.63, 3.8) is 0 Å². The van der Waals surface area contributed by atoms with Crippen LogP contribution in [0.4, 0.5) is 4.39 Å². The number of hydrogen-bond acceptors (Lipinski definition) is 4. The SMILES string of the molecule is COc1cccc(F)c1C(=O)C1CCOC2(CCOC2)C1. The van der Waals surface area contributed by atoms with Gasteiger partial charge in [0.15, 0.2) is 5.78 Å². The number of methoxy groups -OCH3 is 1. The molecule has 3 rings (SSSR count). The molecule has 1 aromatic rings. The number of hydrogen-bond donors (Lipinski definition) is 0. The quantitative estimate of drug-likeness (QED) is 0.804. The molecule has 2 heterocycles. The van der Waals surface area contributed by atoms with Crippen LogP contribution in [0.1, 0.15) is 29.6 Å². The van der Waals surface area contributed by atoms with E-state index in [-0.39, 0.29) is 22.9 Å². The van der Waals surface area contributed by atoms with Crippen LogP contribution < -0.4 is 4.74 Å². The molecule has 1 spiro atoms. The fraction of sp³-hybridized carbons (Fsp3) is 0.562. The van der Waals surface area contributed by atoms with Crippen LogP contribution in [0, 0.1) is 11.7 Å². The van der Waals surface area contributed by atoms with Crippen LogP contribution in [0.5, 0.6) is 5.75 Å². The second-order valence-corrected chi connectivity index (χ2v) is 5.71. The molecule has 0 radical (unpaired) electrons. The van der Waals surface area contributed by atoms with Gasteiger partial charge < -0.3 is 14.2 Å². The lowest BCUT2D eigenvalue weighted by Crippen LogP contribution is -2.42. The highest BCUT2D eigenvalue weighted by molar-refractivity contribution is 6.00. The third kappa shape index (κ3) is 2.68. The topological polar surface area (TPSA) is 44.8 Å². The maximum atomic E-state index is 14.1. The van der Waals surface area contributed by atoms with E-state index in [0.717, 1.165) is 6.42 Å². The summed E-state index contributed by atoms with van der Waals surface area (Å²) in [5, 5.41) is 0. The lowest BCUT2D eigenvalue weighted by Gasteiger charge is -2.36. The Balaban J connectivity index is 1.85. The molecule has 1 aromatic carbocycles. The molecule has 2 aliphatic rings. The molecule has 0 saturated carbocycles. The molecule has 4 nitrogen and oxygen atoms in total. The van der Waals surface area contributed by atoms with E-state index >= 15 is 0 Å². The molecule has 0 aliphatic carbocycles. The highest BCUT2D eigenvalue weighted by atomic mass is 19.1. The maximum Gasteiger partial charge on any atom is 0.172 e. The number of Topliss-reactive ketones (excluding diaryl/α,β-unsaturated/α-hetero) is 1. The summed E-state index contributed by atoms with van der Waals surface area (Å²) in [4.78, 5) is 12.7. The van der Waals surface area contributed by atoms with E-state index in [1.807, 2.05) is 0 Å². The Morgan fingerprint density at radius 3 is 3.00 bits per heavy atom. The molecule has 21 heavy (non-hydrogen) atoms. The van der Waals surface area contributed by atoms with E-state index in [0.29, 0.717) is 38.4 Å². The third-order valence-electron chi connectivity index (χ3n) is 4.37. The first-order valence-corrected chi connectivity index (χ1v) is 7.24. The number of rotatable bonds is 3. The number of carbonyl (C=O) groups is 1. The average Bonchev–Trinajstić information content (AvgIpc) is 2.94. The Morgan fingerprint density at radius 2 is 2.29 bits per heavy atom. The molecule has 2 saturated heterocycles. The molecule has 5 heteroatoms. The Labute approximate surface area is 123 Å². The van der Waals surface area contributed by atoms with Gasteiger partial charge in [0.05, 0.1) is 24.9 Å². The molecular weight excluding hydrogens is 275 g/mol. The summed E-state index contributed by atoms with van der Waals surface area (Å²) in [5.41, 5.74) is -0.308. The van der Waals surface area contributed by atoms with Crippen LogP contribution in [0.3, 0.4) is 0 Å². The fourth-order valence-electron chi connectivity index (χ4n) is 3.23. The molecular formula is C16H19FO4. The predicted octanol–water partition coefficient (Wildman–Crippen LogP) is 2.60. The van der Waals surface area contributed by atoms with Crippen molar-refractivity contribution < 1.29 is 23.4 Å². The first-order valence-electron chi connectivity index (χ1n) is 7.24. The largest absolute Gasteiger partial charge is 0.496 e. The summed E-state index contributed by atoms with van der Waals surface area (Å²) in [6, 6.07) is 4.45. The zero-order valence-corrected chi connectivity index (χ0v) is 12.1. The fourth-order valence-corrected chi connectivity index (χ4v) is 3.23. The van der Waals surface area contributed by atoms with Gasteiger partial charge >= 0.3 is 0 Å². The monoisotopic (exact) mass is 294 g/mol. The third-order valence-corrected chi connectivity index (χ3v) is 4.37. The second-order valence-electron chi connectivity index (χ2n) is 5.71. The Kier molecular flexibility index (Phi) is 3.95. The van der Waals surface area contributed by atoms with Gasteiger partial charge in [0.25, 0.3) is 0 Å². The number of ketones is 1. The van der Waals surface area contributed by atoms with Gasteiger partial charge in [0, 0.05) is 25.6 Å². The Morgan fingerprint density at radius 1 is 1.43 bits per heavy atom. The minimum Gasteiger partial charge on any atom is -0.496 e. The summed E-state index contributed by atoms with van der Waals surface area (Å²) in [7, 11) is 1.45. The number of carbonyl (C=O) groups excluding carboxylic acids is 1. The number of ether oxygens (including phenoxy) is 3. The van der Waals surface area contributed by atoms with Crippen LogP contribution in [0.25, 0.3) is 0 Å². The molecule has 2 fully saturated rings. The van der Waals surface area contributed by atoms with Crippen molar-refractivity contribution in [1.29, 1.82) is 0 Å². The van der Waals surface area contributed by atoms with E-state index in [2.05, 4.69) is 0 Å². The maximum absolute atomic E-state index is 14.1. The van der Waals surface area contributed by atoms with Gasteiger partial charge in [0.2, 0.25) is 0 Å². The highest BCUT2D eigenvalue weighted by Gasteiger charge is 2.43. The van der Waals surface area contributed by atoms with Crippen molar-refractivity contribution >= 4 is 5.78 Å². The molecule has 2 aliphatic heterocycles. The smallest absolute Gasteiger partial charge is 0.172 e. The van der Waals surface area contributed by atoms with E-state index in [1.54, 1.807) is 12.1 Å². The van der Waals surface area contributed by atoms with Gasteiger partial charge in [-0.3, -0.25) is 4.79 Å². The van der Waals surface area contributed by atoms with Crippen molar-refractivity contribution in [2.45, 2.75) is 24.9 Å². The van der Waals surface area contributed by atoms with Crippen molar-refractivity contribution in [2.75, 3.05) is 26.9 Å². The molecule has 114 valence electrons. The van der Waals surface area contributed by atoms with E-state index in [4.69, 9.17) is 14.2 Å². The van der Waals surface area contributed by atoms with Crippen molar-refractivity contribution in [1.82, 2.24) is 0 Å². The first-order chi connectivity index (χ1) is 10.2. The van der Waals surface area contributed by atoms with Crippen LogP contribution in [0.15, 0.2) is 18.2 Å². The summed E-state index contributed by atoms with van der Waals surface area (Å²) in [6.45, 7) is 1.69. The van der Waals surface area contributed by atoms with Crippen LogP contribution in [-0.4, -0.2) is 38.3 Å². The van der Waals surface area contributed by atoms with Crippen molar-refractivity contribution in [2.24, 2.45) is 5.92 Å². The number of halogens is 1. The molecule has 2 unspecified atom stereocenters. The predicted molar refractivity (Wildman–Crippen MR) is 74.1 cm³/mol. The van der Waals surface area contributed by atoms with Crippen molar-refractivity contribution in [3.8, 4) is 5.75 Å². The van der Waals surface area contributed by atoms with Crippen LogP contribution >= 0.6 is 0 Å². The highest BCUT2D eigenvalue weighted by Crippen LogP contribution is 2.38. The standard InChI is InChI=1S/C16H19FO4/c1-19-13-4-2-3-12(17)14(13)15(18)11-5-7-21-16(9-11)6-8-20-10-16/h2-4,11H,5-10H2,1H3. The summed E-state index contributed by atoms with van der Waals surface area (Å²) >= 11 is 0. The lowest BCUT2D eigenvalue weighted by molar-refractivity contribution is -0.0921. The summed E-state index contributed by atoms with van der Waals surface area (Å²) < 4.78 is 30.4. The zero-order valence-electron chi connectivity index (χ0n) is 12.1. The summed E-state index contributed by atoms with van der Waals surface area (Å²) in [6.07, 6.45) is 1.99. The molecule has 2 atom stereocenters. The van der Waals surface area contributed by atoms with Crippen molar-refractivity contribution in [3.05, 3.63) is 29.6 Å². The van der Waals surface area contributed by atoms with Gasteiger partial charge in [-0.15, -0.1) is 0 Å². The van der Waals surface area contributed by atoms with E-state index in [1.165, 1.54) is 13.2 Å². The minimum atomic E-state index is -0.525. The van der Waals surface area contributed by atoms with Gasteiger partial charge in [-0.2, -0.15) is 0 Å². The van der Waals surface area contributed by atoms with Gasteiger partial charge in [-0.1, -0.05) is 6.07 Å². The van der Waals surface area contributed by atoms with Gasteiger partial charge in [0.1, 0.15) is 11.6 Å². The summed E-state index contributed by atoms with van der Waals surface area (Å²) in [5.74, 6) is -0.670. The molecule has 0 bridgehead atoms. The van der Waals surface area contributed by atoms with Crippen LogP contribution in [-0.2, 0) is 9.47 Å². The normalized spacial score (nSPS) is 28.8. The zero-order chi connectivity index (χ0) is 14.9. The Hall–Kier alpha value is -1.46. The average molecular weight is 294 g/mol. The molecule has 0 amide bonds. The van der Waals surface area contributed by atoms with Gasteiger partial charge in [-0.25, -0.2) is 4.39 Å².